The number of hydrogen-bond acceptors (Lipinski definition) is 5. The van der Waals surface area contributed by atoms with Crippen molar-refractivity contribution in [1.82, 2.24) is 19.7 Å². The number of halogens is 1. The number of nitrogens with one attached hydrogen (secondary N) is 1. The van der Waals surface area contributed by atoms with E-state index in [0.717, 1.165) is 27.8 Å². The summed E-state index contributed by atoms with van der Waals surface area (Å²) in [6.45, 7) is 5.02. The molecule has 0 bridgehead atoms. The zero-order valence-corrected chi connectivity index (χ0v) is 18.3. The quantitative estimate of drug-likeness (QED) is 0.410. The van der Waals surface area contributed by atoms with Crippen LogP contribution in [-0.4, -0.2) is 19.7 Å². The van der Waals surface area contributed by atoms with Gasteiger partial charge in [-0.3, -0.25) is 4.79 Å². The predicted octanol–water partition coefficient (Wildman–Crippen LogP) is 4.97. The highest BCUT2D eigenvalue weighted by molar-refractivity contribution is 7.98. The van der Waals surface area contributed by atoms with Gasteiger partial charge in [0.1, 0.15) is 12.4 Å². The van der Waals surface area contributed by atoms with E-state index in [2.05, 4.69) is 15.2 Å². The van der Waals surface area contributed by atoms with Crippen molar-refractivity contribution in [1.29, 1.82) is 0 Å². The molecule has 0 unspecified atom stereocenters. The number of benzene rings is 2. The molecule has 0 aliphatic carbocycles. The zero-order chi connectivity index (χ0) is 21.1. The molecule has 0 amide bonds. The van der Waals surface area contributed by atoms with Gasteiger partial charge >= 0.3 is 0 Å². The van der Waals surface area contributed by atoms with Gasteiger partial charge in [-0.1, -0.05) is 47.6 Å². The molecule has 6 nitrogen and oxygen atoms in total. The number of nitrogens with zero attached hydrogens (tertiary/aromatic N) is 3. The normalized spacial score (nSPS) is 11.2. The van der Waals surface area contributed by atoms with Crippen LogP contribution in [0.5, 0.6) is 5.75 Å². The standard InChI is InChI=1S/C22H21ClN4O2S/c1-3-27-20(12-29-19-10-5-4-9-17(19)23)25-26-22(27)30-13-15-11-18(28)16-8-6-7-14(2)21(16)24-15/h4-11H,3,12-13H2,1-2H3,(H,24,28). The number of para-hydroxylation sites is 2. The Labute approximate surface area is 183 Å². The third kappa shape index (κ3) is 4.22. The number of thioether (sulfide) groups is 1. The number of hydrogen-bond donors (Lipinski definition) is 1. The lowest BCUT2D eigenvalue weighted by Gasteiger charge is -2.10. The number of H-pyrrole nitrogens is 1. The molecule has 30 heavy (non-hydrogen) atoms. The third-order valence-electron chi connectivity index (χ3n) is 4.79. The van der Waals surface area contributed by atoms with Crippen molar-refractivity contribution < 1.29 is 4.74 Å². The summed E-state index contributed by atoms with van der Waals surface area (Å²) in [6, 6.07) is 14.7. The average molecular weight is 441 g/mol. The van der Waals surface area contributed by atoms with E-state index < -0.39 is 0 Å². The van der Waals surface area contributed by atoms with Crippen LogP contribution in [0, 0.1) is 6.92 Å². The van der Waals surface area contributed by atoms with Gasteiger partial charge in [0.25, 0.3) is 0 Å². The van der Waals surface area contributed by atoms with Gasteiger partial charge < -0.3 is 14.3 Å². The molecule has 0 fully saturated rings. The molecule has 154 valence electrons. The first-order valence-corrected chi connectivity index (χ1v) is 11.0. The Morgan fingerprint density at radius 1 is 1.17 bits per heavy atom. The van der Waals surface area contributed by atoms with E-state index in [1.54, 1.807) is 12.1 Å². The minimum atomic E-state index is 0.0221. The van der Waals surface area contributed by atoms with Crippen LogP contribution in [0.15, 0.2) is 58.5 Å². The monoisotopic (exact) mass is 440 g/mol. The number of ether oxygens (including phenoxy) is 1. The molecule has 2 aromatic carbocycles. The van der Waals surface area contributed by atoms with Crippen LogP contribution in [0.4, 0.5) is 0 Å². The van der Waals surface area contributed by atoms with Crippen LogP contribution in [0.25, 0.3) is 10.9 Å². The first kappa shape index (κ1) is 20.5. The topological polar surface area (TPSA) is 72.8 Å². The number of rotatable bonds is 7. The number of fused-ring (bicyclic) bond motifs is 1. The molecule has 8 heteroatoms. The Hall–Kier alpha value is -2.77. The van der Waals surface area contributed by atoms with Gasteiger partial charge in [0.15, 0.2) is 16.4 Å². The summed E-state index contributed by atoms with van der Waals surface area (Å²) in [5, 5.41) is 10.6. The maximum atomic E-state index is 12.4. The first-order chi connectivity index (χ1) is 14.6. The molecular formula is C22H21ClN4O2S. The van der Waals surface area contributed by atoms with Crippen molar-refractivity contribution in [3.05, 3.63) is 80.9 Å². The zero-order valence-electron chi connectivity index (χ0n) is 16.7. The van der Waals surface area contributed by atoms with Gasteiger partial charge in [-0.05, 0) is 37.6 Å². The van der Waals surface area contributed by atoms with Gasteiger partial charge in [0.2, 0.25) is 0 Å². The lowest BCUT2D eigenvalue weighted by Crippen LogP contribution is -2.08. The molecule has 2 aromatic heterocycles. The molecule has 0 saturated carbocycles. The minimum absolute atomic E-state index is 0.0221. The van der Waals surface area contributed by atoms with Gasteiger partial charge in [-0.2, -0.15) is 0 Å². The van der Waals surface area contributed by atoms with Gasteiger partial charge in [-0.15, -0.1) is 10.2 Å². The van der Waals surface area contributed by atoms with Gasteiger partial charge in [0, 0.05) is 29.4 Å². The van der Waals surface area contributed by atoms with Gasteiger partial charge in [0.05, 0.1) is 10.5 Å². The van der Waals surface area contributed by atoms with Crippen molar-refractivity contribution in [2.45, 2.75) is 37.9 Å². The molecule has 0 aliphatic heterocycles. The van der Waals surface area contributed by atoms with E-state index in [-0.39, 0.29) is 12.0 Å². The summed E-state index contributed by atoms with van der Waals surface area (Å²) in [6.07, 6.45) is 0. The maximum absolute atomic E-state index is 12.4. The Morgan fingerprint density at radius 3 is 2.80 bits per heavy atom. The highest BCUT2D eigenvalue weighted by Crippen LogP contribution is 2.26. The summed E-state index contributed by atoms with van der Waals surface area (Å²) in [5.74, 6) is 1.93. The molecule has 0 radical (unpaired) electrons. The lowest BCUT2D eigenvalue weighted by atomic mass is 10.1. The Morgan fingerprint density at radius 2 is 2.00 bits per heavy atom. The van der Waals surface area contributed by atoms with Crippen molar-refractivity contribution in [2.24, 2.45) is 0 Å². The fourth-order valence-electron chi connectivity index (χ4n) is 3.25. The molecule has 2 heterocycles. The molecular weight excluding hydrogens is 420 g/mol. The molecule has 0 atom stereocenters. The number of aromatic nitrogens is 4. The highest BCUT2D eigenvalue weighted by atomic mass is 35.5. The van der Waals surface area contributed by atoms with E-state index in [1.165, 1.54) is 11.8 Å². The Kier molecular flexibility index (Phi) is 6.11. The smallest absolute Gasteiger partial charge is 0.191 e. The molecule has 4 aromatic rings. The second-order valence-electron chi connectivity index (χ2n) is 6.81. The fourth-order valence-corrected chi connectivity index (χ4v) is 4.37. The van der Waals surface area contributed by atoms with Crippen LogP contribution in [0.1, 0.15) is 24.0 Å². The number of aromatic amines is 1. The summed E-state index contributed by atoms with van der Waals surface area (Å²) < 4.78 is 7.81. The number of aryl methyl sites for hydroxylation is 1. The third-order valence-corrected chi connectivity index (χ3v) is 6.12. The van der Waals surface area contributed by atoms with Crippen LogP contribution < -0.4 is 10.2 Å². The molecule has 1 N–H and O–H groups in total. The summed E-state index contributed by atoms with van der Waals surface area (Å²) in [5.41, 5.74) is 2.80. The van der Waals surface area contributed by atoms with E-state index in [4.69, 9.17) is 16.3 Å². The molecule has 0 spiro atoms. The van der Waals surface area contributed by atoms with E-state index >= 15 is 0 Å². The van der Waals surface area contributed by atoms with Crippen LogP contribution in [0.3, 0.4) is 0 Å². The molecule has 0 aliphatic rings. The predicted molar refractivity (Wildman–Crippen MR) is 120 cm³/mol. The van der Waals surface area contributed by atoms with E-state index in [1.807, 2.05) is 54.8 Å². The Balaban J connectivity index is 1.50. The minimum Gasteiger partial charge on any atom is -0.484 e. The molecule has 0 saturated heterocycles. The van der Waals surface area contributed by atoms with Gasteiger partial charge in [-0.25, -0.2) is 0 Å². The first-order valence-electron chi connectivity index (χ1n) is 9.60. The van der Waals surface area contributed by atoms with Crippen molar-refractivity contribution in [2.75, 3.05) is 0 Å². The summed E-state index contributed by atoms with van der Waals surface area (Å²) >= 11 is 7.68. The fraction of sp³-hybridized carbons (Fsp3) is 0.227. The number of pyridine rings is 1. The SMILES string of the molecule is CCn1c(COc2ccccc2Cl)nnc1SCc1cc(=O)c2cccc(C)c2[nH]1. The average Bonchev–Trinajstić information content (AvgIpc) is 3.14. The van der Waals surface area contributed by atoms with E-state index in [0.29, 0.717) is 28.5 Å². The van der Waals surface area contributed by atoms with Crippen molar-refractivity contribution in [3.63, 3.8) is 0 Å². The summed E-state index contributed by atoms with van der Waals surface area (Å²) in [4.78, 5) is 15.8. The van der Waals surface area contributed by atoms with Crippen LogP contribution in [-0.2, 0) is 18.9 Å². The molecule has 4 rings (SSSR count). The Bertz CT molecular complexity index is 1250. The maximum Gasteiger partial charge on any atom is 0.191 e. The van der Waals surface area contributed by atoms with Crippen LogP contribution in [0.2, 0.25) is 5.02 Å². The second-order valence-corrected chi connectivity index (χ2v) is 8.16. The largest absolute Gasteiger partial charge is 0.484 e. The second kappa shape index (κ2) is 8.93. The van der Waals surface area contributed by atoms with Crippen LogP contribution >= 0.6 is 23.4 Å². The summed E-state index contributed by atoms with van der Waals surface area (Å²) in [7, 11) is 0. The van der Waals surface area contributed by atoms with E-state index in [9.17, 15) is 4.79 Å². The van der Waals surface area contributed by atoms with Crippen molar-refractivity contribution in [3.8, 4) is 5.75 Å². The highest BCUT2D eigenvalue weighted by Gasteiger charge is 2.13. The lowest BCUT2D eigenvalue weighted by molar-refractivity contribution is 0.288. The van der Waals surface area contributed by atoms with Crippen molar-refractivity contribution >= 4 is 34.3 Å².